The maximum Gasteiger partial charge on any atom is 0.243 e. The minimum absolute atomic E-state index is 0.00392. The number of aliphatic hydroxyl groups excluding tert-OH is 2. The molecule has 0 bridgehead atoms. The maximum atomic E-state index is 10.6. The molecule has 13 aromatic carbocycles. The number of amides is 1. The van der Waals surface area contributed by atoms with Gasteiger partial charge in [-0.25, -0.2) is 0 Å². The summed E-state index contributed by atoms with van der Waals surface area (Å²) in [6.07, 6.45) is 3.74. The van der Waals surface area contributed by atoms with Gasteiger partial charge in [0.15, 0.2) is 0 Å². The molecule has 14 rings (SSSR count). The average molecular weight is 1820 g/mol. The predicted octanol–water partition coefficient (Wildman–Crippen LogP) is 31.4. The van der Waals surface area contributed by atoms with Crippen molar-refractivity contribution >= 4 is 5.91 Å². The first-order chi connectivity index (χ1) is 65.1. The van der Waals surface area contributed by atoms with E-state index in [4.69, 9.17) is 34.9 Å². The minimum Gasteiger partial charge on any atom is -0.497 e. The van der Waals surface area contributed by atoms with Crippen LogP contribution >= 0.6 is 0 Å². The van der Waals surface area contributed by atoms with Crippen molar-refractivity contribution in [1.29, 1.82) is 0 Å². The first-order valence-corrected chi connectivity index (χ1v) is 49.5. The van der Waals surface area contributed by atoms with Gasteiger partial charge >= 0.3 is 0 Å². The number of carbonyl (C=O) groups excluding carboxylic acids is 1. The van der Waals surface area contributed by atoms with Crippen molar-refractivity contribution in [1.82, 2.24) is 0 Å². The van der Waals surface area contributed by atoms with Gasteiger partial charge in [-0.3, -0.25) is 4.79 Å². The van der Waals surface area contributed by atoms with Crippen LogP contribution in [0.2, 0.25) is 0 Å². The zero-order valence-corrected chi connectivity index (χ0v) is 85.6. The lowest BCUT2D eigenvalue weighted by Crippen LogP contribution is -2.22. The van der Waals surface area contributed by atoms with E-state index in [0.717, 1.165) is 37.2 Å². The standard InChI is InChI=1S/C18H22O.C17H20O.C17H20.C16H18.C13H19NO2.C12H18O.C12H16.2C11H16O/c1-15(2)18(17-11-7-4-8-12-17)14-19-13-16-9-5-3-6-10-16;1-13(2)17(14-7-5-4-6-8-14)15-9-11-16(18-3)12-10-15;1-13(2)17(15-7-5-4-6-8-15)16-11-9-14(3)10-12-16;1-13(2)12-15-10-6-7-11-16(15)14-8-4-3-5-9-14;1-10(2)12(8-16-9-13(14)15)11-6-4-3-5-7-11;1-10(2)12(9-13-3)11-7-5-4-6-8-11;1-9(2)12-7-10-5-3-4-6-11(10)8-12;2*1-9(2)11(8-12)10-6-4-3-5-7-10/h3-12,15,18H,13-14H2,1-2H3;4-13,17H,1-3H3;4-13,17H,1-3H3;3-11,13H,12H2,1-2H3;3-7,10,12H,8-9H2,1-2H3,(H2,14,15);4-8,10,12H,9H2,1-3H3;3-6,9,12H,7-8H2,1-2H3;2*3-7,9,11-12H,8H2,1-2H3/t18-;2*17-;;2*12-;;2*11-/m011.00.10/s1. The molecule has 0 spiro atoms. The van der Waals surface area contributed by atoms with E-state index in [1.165, 1.54) is 90.7 Å². The normalized spacial score (nSPS) is 12.9. The van der Waals surface area contributed by atoms with E-state index < -0.39 is 5.91 Å². The van der Waals surface area contributed by atoms with Crippen molar-refractivity contribution < 1.29 is 34.0 Å². The molecule has 0 heterocycles. The summed E-state index contributed by atoms with van der Waals surface area (Å²) < 4.78 is 21.6. The predicted molar refractivity (Wildman–Crippen MR) is 575 cm³/mol. The molecule has 4 N–H and O–H groups in total. The van der Waals surface area contributed by atoms with Crippen molar-refractivity contribution in [3.63, 3.8) is 0 Å². The van der Waals surface area contributed by atoms with Crippen molar-refractivity contribution in [2.24, 2.45) is 64.9 Å². The number of aryl methyl sites for hydroxylation is 1. The molecule has 8 heteroatoms. The summed E-state index contributed by atoms with van der Waals surface area (Å²) in [7, 11) is 3.46. The van der Waals surface area contributed by atoms with Crippen molar-refractivity contribution in [2.45, 2.75) is 199 Å². The highest BCUT2D eigenvalue weighted by Gasteiger charge is 2.25. The Kier molecular flexibility index (Phi) is 53.4. The third kappa shape index (κ3) is 41.6. The van der Waals surface area contributed by atoms with Crippen LogP contribution in [0.1, 0.15) is 244 Å². The van der Waals surface area contributed by atoms with Gasteiger partial charge in [0.25, 0.3) is 0 Å². The van der Waals surface area contributed by atoms with Crippen molar-refractivity contribution in [3.05, 3.63) is 448 Å². The number of aliphatic hydroxyl groups is 2. The molecule has 13 aromatic rings. The van der Waals surface area contributed by atoms with E-state index in [1.807, 2.05) is 78.9 Å². The number of nitrogens with two attached hydrogens (primary N) is 1. The van der Waals surface area contributed by atoms with Gasteiger partial charge in [-0.1, -0.05) is 488 Å². The van der Waals surface area contributed by atoms with E-state index in [0.29, 0.717) is 90.1 Å². The van der Waals surface area contributed by atoms with Gasteiger partial charge in [0.2, 0.25) is 5.91 Å². The molecule has 0 aromatic heterocycles. The van der Waals surface area contributed by atoms with Crippen LogP contribution in [0.5, 0.6) is 5.75 Å². The van der Waals surface area contributed by atoms with Crippen molar-refractivity contribution in [2.75, 3.05) is 53.9 Å². The van der Waals surface area contributed by atoms with E-state index in [2.05, 4.69) is 423 Å². The molecule has 0 saturated heterocycles. The second-order valence-corrected chi connectivity index (χ2v) is 38.9. The van der Waals surface area contributed by atoms with Gasteiger partial charge in [0.1, 0.15) is 12.4 Å². The van der Waals surface area contributed by atoms with E-state index in [9.17, 15) is 4.79 Å². The van der Waals surface area contributed by atoms with Gasteiger partial charge < -0.3 is 34.9 Å². The summed E-state index contributed by atoms with van der Waals surface area (Å²) in [5.74, 6) is 9.56. The van der Waals surface area contributed by atoms with Crippen LogP contribution in [0.15, 0.2) is 370 Å². The highest BCUT2D eigenvalue weighted by Crippen LogP contribution is 2.37. The summed E-state index contributed by atoms with van der Waals surface area (Å²) in [5, 5.41) is 18.3. The van der Waals surface area contributed by atoms with Gasteiger partial charge in [-0.15, -0.1) is 0 Å². The first-order valence-electron chi connectivity index (χ1n) is 49.5. The number of carbonyl (C=O) groups is 1. The Labute approximate surface area is 817 Å². The van der Waals surface area contributed by atoms with Crippen LogP contribution in [0, 0.1) is 66.1 Å². The van der Waals surface area contributed by atoms with Crippen LogP contribution in [-0.2, 0) is 44.9 Å². The number of fused-ring (bicyclic) bond motifs is 1. The van der Waals surface area contributed by atoms with E-state index >= 15 is 0 Å². The van der Waals surface area contributed by atoms with E-state index in [-0.39, 0.29) is 31.7 Å². The molecule has 0 saturated carbocycles. The Balaban J connectivity index is 0.000000234. The molecule has 0 aliphatic heterocycles. The number of benzene rings is 13. The lowest BCUT2D eigenvalue weighted by molar-refractivity contribution is -0.122. The van der Waals surface area contributed by atoms with Crippen molar-refractivity contribution in [3.8, 4) is 16.9 Å². The quantitative estimate of drug-likeness (QED) is 0.0375. The molecule has 720 valence electrons. The monoisotopic (exact) mass is 1820 g/mol. The fourth-order valence-electron chi connectivity index (χ4n) is 17.2. The van der Waals surface area contributed by atoms with Crippen LogP contribution in [0.4, 0.5) is 0 Å². The summed E-state index contributed by atoms with van der Waals surface area (Å²) in [4.78, 5) is 10.6. The Hall–Kier alpha value is -11.1. The van der Waals surface area contributed by atoms with Gasteiger partial charge in [-0.05, 0) is 181 Å². The Morgan fingerprint density at radius 1 is 0.326 bits per heavy atom. The Morgan fingerprint density at radius 2 is 0.622 bits per heavy atom. The summed E-state index contributed by atoms with van der Waals surface area (Å²) in [6.45, 7) is 45.5. The van der Waals surface area contributed by atoms with Gasteiger partial charge in [0, 0.05) is 48.5 Å². The zero-order chi connectivity index (χ0) is 98.2. The molecule has 0 unspecified atom stereocenters. The number of methoxy groups -OCH3 is 2. The Morgan fingerprint density at radius 3 is 0.941 bits per heavy atom. The fraction of sp³-hybridized carbons (Fsp3) is 0.378. The number of rotatable bonds is 33. The zero-order valence-electron chi connectivity index (χ0n) is 85.6. The number of hydrogen-bond donors (Lipinski definition) is 3. The molecule has 8 nitrogen and oxygen atoms in total. The lowest BCUT2D eigenvalue weighted by atomic mass is 9.82. The molecular formula is C127H165NO7. The molecule has 0 fully saturated rings. The van der Waals surface area contributed by atoms with Crippen LogP contribution < -0.4 is 10.5 Å². The summed E-state index contributed by atoms with van der Waals surface area (Å²) in [5.41, 5.74) is 26.9. The number of ether oxygens (including phenoxy) is 4. The molecule has 135 heavy (non-hydrogen) atoms. The van der Waals surface area contributed by atoms with Gasteiger partial charge in [-0.2, -0.15) is 0 Å². The third-order valence-electron chi connectivity index (χ3n) is 25.2. The van der Waals surface area contributed by atoms with E-state index in [1.54, 1.807) is 25.3 Å². The highest BCUT2D eigenvalue weighted by molar-refractivity contribution is 5.75. The molecule has 0 radical (unpaired) electrons. The maximum absolute atomic E-state index is 10.6. The lowest BCUT2D eigenvalue weighted by Gasteiger charge is -2.22. The molecule has 1 aliphatic rings. The first kappa shape index (κ1) is 113. The van der Waals surface area contributed by atoms with Crippen LogP contribution in [0.3, 0.4) is 0 Å². The summed E-state index contributed by atoms with van der Waals surface area (Å²) in [6, 6.07) is 129. The smallest absolute Gasteiger partial charge is 0.243 e. The minimum atomic E-state index is -0.421. The Bertz CT molecular complexity index is 5050. The molecule has 1 aliphatic carbocycles. The SMILES string of the molecule is CC(C)C1Cc2ccccc2C1.CC(C)Cc1ccccc1-c1ccccc1.CC(C)[C@@H](CO)c1ccccc1.CC(C)[C@H](CO)c1ccccc1.CC(C)[C@H](COCC(N)=O)c1ccccc1.CC(C)[C@H](COCc1ccccc1)c1ccccc1.COC[C@H](c1ccccc1)C(C)C.COc1ccc([C@@H](c2ccccc2)C(C)C)cc1.Cc1ccc([C@@H](c2ccccc2)C(C)C)cc1. The third-order valence-corrected chi connectivity index (χ3v) is 25.2. The highest BCUT2D eigenvalue weighted by atomic mass is 16.5. The molecule has 7 atom stereocenters. The fourth-order valence-corrected chi connectivity index (χ4v) is 17.2. The topological polar surface area (TPSA) is 120 Å². The number of hydrogen-bond acceptors (Lipinski definition) is 7. The van der Waals surface area contributed by atoms with Gasteiger partial charge in [0.05, 0.1) is 46.8 Å². The molecule has 1 amide bonds. The van der Waals surface area contributed by atoms with Crippen LogP contribution in [-0.4, -0.2) is 70.0 Å². The summed E-state index contributed by atoms with van der Waals surface area (Å²) >= 11 is 0. The molecular weight excluding hydrogens is 1650 g/mol. The van der Waals surface area contributed by atoms with Crippen LogP contribution in [0.25, 0.3) is 11.1 Å². The number of primary amides is 1. The average Bonchev–Trinajstić information content (AvgIpc) is 1.74. The second-order valence-electron chi connectivity index (χ2n) is 38.9. The second kappa shape index (κ2) is 64.0. The largest absolute Gasteiger partial charge is 0.497 e.